The Balaban J connectivity index is 2.23. The first-order chi connectivity index (χ1) is 8.40. The Hall–Kier alpha value is -1.26. The van der Waals surface area contributed by atoms with Crippen molar-refractivity contribution in [2.24, 2.45) is 17.8 Å². The van der Waals surface area contributed by atoms with Gasteiger partial charge in [0.25, 0.3) is 0 Å². The predicted molar refractivity (Wildman–Crippen MR) is 69.3 cm³/mol. The van der Waals surface area contributed by atoms with E-state index in [-0.39, 0.29) is 18.0 Å². The van der Waals surface area contributed by atoms with Gasteiger partial charge in [0.05, 0.1) is 5.92 Å². The van der Waals surface area contributed by atoms with Gasteiger partial charge >= 0.3 is 12.0 Å². The van der Waals surface area contributed by atoms with Crippen molar-refractivity contribution in [3.8, 4) is 0 Å². The Morgan fingerprint density at radius 3 is 2.44 bits per heavy atom. The van der Waals surface area contributed by atoms with Crippen LogP contribution in [0.5, 0.6) is 0 Å². The topological polar surface area (TPSA) is 78.4 Å². The Kier molecular flexibility index (Phi) is 5.44. The van der Waals surface area contributed by atoms with E-state index in [1.807, 2.05) is 0 Å². The third-order valence-corrected chi connectivity index (χ3v) is 3.84. The normalized spacial score (nSPS) is 24.9. The molecular weight excluding hydrogens is 232 g/mol. The molecule has 0 aliphatic heterocycles. The number of carboxylic acid groups (broad SMARTS) is 1. The second-order valence-electron chi connectivity index (χ2n) is 5.62. The number of carboxylic acids is 1. The van der Waals surface area contributed by atoms with E-state index in [4.69, 9.17) is 5.11 Å². The lowest BCUT2D eigenvalue weighted by Gasteiger charge is -2.18. The smallest absolute Gasteiger partial charge is 0.315 e. The maximum absolute atomic E-state index is 11.6. The highest BCUT2D eigenvalue weighted by Crippen LogP contribution is 2.25. The number of hydrogen-bond donors (Lipinski definition) is 3. The first-order valence-corrected chi connectivity index (χ1v) is 6.67. The SMILES string of the molecule is CC(C)C(C)CNC(=O)N[C@H]1CC[C@@H](C(=O)O)C1. The number of aliphatic carboxylic acids is 1. The maximum Gasteiger partial charge on any atom is 0.315 e. The average Bonchev–Trinajstić information content (AvgIpc) is 2.74. The van der Waals surface area contributed by atoms with E-state index in [2.05, 4.69) is 31.4 Å². The summed E-state index contributed by atoms with van der Waals surface area (Å²) in [6.07, 6.45) is 1.95. The first-order valence-electron chi connectivity index (χ1n) is 6.67. The van der Waals surface area contributed by atoms with Crippen LogP contribution in [-0.4, -0.2) is 29.7 Å². The molecule has 5 nitrogen and oxygen atoms in total. The zero-order chi connectivity index (χ0) is 13.7. The summed E-state index contributed by atoms with van der Waals surface area (Å²) < 4.78 is 0. The standard InChI is InChI=1S/C13H24N2O3/c1-8(2)9(3)7-14-13(18)15-11-5-4-10(6-11)12(16)17/h8-11H,4-7H2,1-3H3,(H,16,17)(H2,14,15,18)/t9?,10-,11+/m1/s1. The van der Waals surface area contributed by atoms with E-state index < -0.39 is 5.97 Å². The van der Waals surface area contributed by atoms with Crippen LogP contribution in [0.15, 0.2) is 0 Å². The van der Waals surface area contributed by atoms with Gasteiger partial charge in [0.15, 0.2) is 0 Å². The number of rotatable bonds is 5. The lowest BCUT2D eigenvalue weighted by atomic mass is 9.98. The summed E-state index contributed by atoms with van der Waals surface area (Å²) in [4.78, 5) is 22.4. The molecule has 1 rings (SSSR count). The van der Waals surface area contributed by atoms with E-state index in [0.29, 0.717) is 31.2 Å². The summed E-state index contributed by atoms with van der Waals surface area (Å²) in [5, 5.41) is 14.6. The van der Waals surface area contributed by atoms with Crippen LogP contribution in [0.2, 0.25) is 0 Å². The van der Waals surface area contributed by atoms with Gasteiger partial charge in [0.2, 0.25) is 0 Å². The van der Waals surface area contributed by atoms with Gasteiger partial charge in [0, 0.05) is 12.6 Å². The molecule has 104 valence electrons. The Bertz CT molecular complexity index is 305. The quantitative estimate of drug-likeness (QED) is 0.702. The Morgan fingerprint density at radius 1 is 1.28 bits per heavy atom. The number of nitrogens with one attached hydrogen (secondary N) is 2. The second-order valence-corrected chi connectivity index (χ2v) is 5.62. The zero-order valence-corrected chi connectivity index (χ0v) is 11.4. The molecule has 0 aromatic rings. The lowest BCUT2D eigenvalue weighted by Crippen LogP contribution is -2.43. The molecule has 1 aliphatic rings. The monoisotopic (exact) mass is 256 g/mol. The highest BCUT2D eigenvalue weighted by atomic mass is 16.4. The molecule has 0 saturated heterocycles. The van der Waals surface area contributed by atoms with Crippen molar-refractivity contribution < 1.29 is 14.7 Å². The molecule has 0 bridgehead atoms. The molecule has 1 saturated carbocycles. The predicted octanol–water partition coefficient (Wildman–Crippen LogP) is 1.83. The summed E-state index contributed by atoms with van der Waals surface area (Å²) in [6, 6.07) is -0.181. The molecule has 1 fully saturated rings. The Morgan fingerprint density at radius 2 is 1.94 bits per heavy atom. The highest BCUT2D eigenvalue weighted by Gasteiger charge is 2.30. The number of urea groups is 1. The van der Waals surface area contributed by atoms with Crippen LogP contribution in [0.1, 0.15) is 40.0 Å². The van der Waals surface area contributed by atoms with Gasteiger partial charge in [-0.3, -0.25) is 4.79 Å². The Labute approximate surface area is 108 Å². The first kappa shape index (κ1) is 14.8. The minimum Gasteiger partial charge on any atom is -0.481 e. The van der Waals surface area contributed by atoms with Crippen molar-refractivity contribution in [3.05, 3.63) is 0 Å². The number of amides is 2. The van der Waals surface area contributed by atoms with Gasteiger partial charge in [-0.1, -0.05) is 20.8 Å². The molecule has 18 heavy (non-hydrogen) atoms. The molecule has 3 N–H and O–H groups in total. The summed E-state index contributed by atoms with van der Waals surface area (Å²) in [5.74, 6) is -0.0858. The second kappa shape index (κ2) is 6.61. The molecule has 1 aliphatic carbocycles. The fourth-order valence-corrected chi connectivity index (χ4v) is 2.06. The van der Waals surface area contributed by atoms with Crippen LogP contribution < -0.4 is 10.6 Å². The molecule has 3 atom stereocenters. The molecule has 0 aromatic carbocycles. The summed E-state index contributed by atoms with van der Waals surface area (Å²) in [5.41, 5.74) is 0. The molecular formula is C13H24N2O3. The van der Waals surface area contributed by atoms with Crippen molar-refractivity contribution in [3.63, 3.8) is 0 Å². The summed E-state index contributed by atoms with van der Waals surface area (Å²) >= 11 is 0. The maximum atomic E-state index is 11.6. The van der Waals surface area contributed by atoms with Crippen molar-refractivity contribution >= 4 is 12.0 Å². The molecule has 0 spiro atoms. The van der Waals surface area contributed by atoms with Crippen molar-refractivity contribution in [1.29, 1.82) is 0 Å². The molecule has 2 amide bonds. The molecule has 5 heteroatoms. The van der Waals surface area contributed by atoms with E-state index in [1.165, 1.54) is 0 Å². The van der Waals surface area contributed by atoms with Gasteiger partial charge in [-0.25, -0.2) is 4.79 Å². The molecule has 0 aromatic heterocycles. The van der Waals surface area contributed by atoms with Crippen LogP contribution >= 0.6 is 0 Å². The fraction of sp³-hybridized carbons (Fsp3) is 0.846. The van der Waals surface area contributed by atoms with Crippen molar-refractivity contribution in [2.75, 3.05) is 6.54 Å². The van der Waals surface area contributed by atoms with Gasteiger partial charge in [0.1, 0.15) is 0 Å². The lowest BCUT2D eigenvalue weighted by molar-refractivity contribution is -0.141. The molecule has 1 unspecified atom stereocenters. The molecule has 0 heterocycles. The highest BCUT2D eigenvalue weighted by molar-refractivity contribution is 5.75. The van der Waals surface area contributed by atoms with Gasteiger partial charge in [-0.2, -0.15) is 0 Å². The number of carbonyl (C=O) groups excluding carboxylic acids is 1. The number of carbonyl (C=O) groups is 2. The van der Waals surface area contributed by atoms with Crippen molar-refractivity contribution in [1.82, 2.24) is 10.6 Å². The van der Waals surface area contributed by atoms with Gasteiger partial charge in [-0.05, 0) is 31.1 Å². The van der Waals surface area contributed by atoms with Crippen LogP contribution in [0.25, 0.3) is 0 Å². The summed E-state index contributed by atoms with van der Waals surface area (Å²) in [6.45, 7) is 7.00. The van der Waals surface area contributed by atoms with Crippen LogP contribution in [-0.2, 0) is 4.79 Å². The largest absolute Gasteiger partial charge is 0.481 e. The third-order valence-electron chi connectivity index (χ3n) is 3.84. The summed E-state index contributed by atoms with van der Waals surface area (Å²) in [7, 11) is 0. The van der Waals surface area contributed by atoms with Crippen molar-refractivity contribution in [2.45, 2.75) is 46.1 Å². The van der Waals surface area contributed by atoms with E-state index in [1.54, 1.807) is 0 Å². The van der Waals surface area contributed by atoms with Gasteiger partial charge < -0.3 is 15.7 Å². The third kappa shape index (κ3) is 4.55. The molecule has 0 radical (unpaired) electrons. The fourth-order valence-electron chi connectivity index (χ4n) is 2.06. The van der Waals surface area contributed by atoms with E-state index >= 15 is 0 Å². The average molecular weight is 256 g/mol. The minimum absolute atomic E-state index is 0.000422. The van der Waals surface area contributed by atoms with Crippen LogP contribution in [0.3, 0.4) is 0 Å². The van der Waals surface area contributed by atoms with Gasteiger partial charge in [-0.15, -0.1) is 0 Å². The van der Waals surface area contributed by atoms with Crippen LogP contribution in [0.4, 0.5) is 4.79 Å². The van der Waals surface area contributed by atoms with E-state index in [0.717, 1.165) is 6.42 Å². The zero-order valence-electron chi connectivity index (χ0n) is 11.4. The minimum atomic E-state index is -0.756. The number of hydrogen-bond acceptors (Lipinski definition) is 2. The van der Waals surface area contributed by atoms with E-state index in [9.17, 15) is 9.59 Å². The van der Waals surface area contributed by atoms with Crippen LogP contribution in [0, 0.1) is 17.8 Å².